The molecule has 0 saturated heterocycles. The number of carbonyl (C=O) groups is 2. The van der Waals surface area contributed by atoms with Gasteiger partial charge in [-0.25, -0.2) is 4.68 Å². The number of nitrogens with zero attached hydrogens (tertiary/aromatic N) is 4. The first kappa shape index (κ1) is 25.6. The highest BCUT2D eigenvalue weighted by Crippen LogP contribution is 2.35. The Bertz CT molecular complexity index is 1570. The number of aliphatic carboxylic acids is 1. The Kier molecular flexibility index (Phi) is 6.78. The molecule has 3 aromatic carbocycles. The standard InChI is InChI=1S/C31H34N4O3/c1-6-35-28-10-9-25(21(5)30(28)32-33-35)27(16-29(36)37)23-8-7-22-11-12-34(17-24(22)15-23)31(38)26-14-18(2)13-19(3)20(26)4/h7-10,13-15,27H,6,11-12,16-17H2,1-5H3,(H,36,37)/t27-/m1/s1. The molecule has 0 bridgehead atoms. The fourth-order valence-corrected chi connectivity index (χ4v) is 5.78. The highest BCUT2D eigenvalue weighted by atomic mass is 16.4. The van der Waals surface area contributed by atoms with Gasteiger partial charge < -0.3 is 10.0 Å². The van der Waals surface area contributed by atoms with Crippen LogP contribution in [0.4, 0.5) is 0 Å². The van der Waals surface area contributed by atoms with Gasteiger partial charge in [0.1, 0.15) is 5.52 Å². The van der Waals surface area contributed by atoms with Gasteiger partial charge in [0, 0.05) is 31.1 Å². The second-order valence-corrected chi connectivity index (χ2v) is 10.5. The molecule has 1 aliphatic rings. The second kappa shape index (κ2) is 10.0. The number of amides is 1. The summed E-state index contributed by atoms with van der Waals surface area (Å²) in [5.74, 6) is -1.14. The largest absolute Gasteiger partial charge is 0.481 e. The van der Waals surface area contributed by atoms with E-state index in [1.165, 1.54) is 5.56 Å². The van der Waals surface area contributed by atoms with E-state index in [1.54, 1.807) is 0 Å². The molecule has 196 valence electrons. The molecular formula is C31H34N4O3. The molecule has 0 spiro atoms. The van der Waals surface area contributed by atoms with Gasteiger partial charge in [-0.3, -0.25) is 9.59 Å². The molecule has 7 nitrogen and oxygen atoms in total. The summed E-state index contributed by atoms with van der Waals surface area (Å²) in [5.41, 5.74) is 10.9. The highest BCUT2D eigenvalue weighted by Gasteiger charge is 2.27. The molecule has 0 radical (unpaired) electrons. The predicted molar refractivity (Wildman–Crippen MR) is 148 cm³/mol. The van der Waals surface area contributed by atoms with Gasteiger partial charge in [0.15, 0.2) is 0 Å². The number of carbonyl (C=O) groups excluding carboxylic acids is 1. The predicted octanol–water partition coefficient (Wildman–Crippen LogP) is 5.49. The minimum absolute atomic E-state index is 0.0303. The molecule has 4 aromatic rings. The van der Waals surface area contributed by atoms with Crippen LogP contribution in [0.3, 0.4) is 0 Å². The third kappa shape index (κ3) is 4.57. The van der Waals surface area contributed by atoms with Crippen LogP contribution in [0.2, 0.25) is 0 Å². The summed E-state index contributed by atoms with van der Waals surface area (Å²) in [6.07, 6.45) is 0.747. The summed E-state index contributed by atoms with van der Waals surface area (Å²) in [6.45, 7) is 12.0. The van der Waals surface area contributed by atoms with E-state index in [0.29, 0.717) is 13.1 Å². The van der Waals surface area contributed by atoms with Gasteiger partial charge in [0.25, 0.3) is 5.91 Å². The Morgan fingerprint density at radius 2 is 1.79 bits per heavy atom. The fraction of sp³-hybridized carbons (Fsp3) is 0.355. The SMILES string of the molecule is CCn1nnc2c(C)c([C@H](CC(=O)O)c3ccc4c(c3)CN(C(=O)c3cc(C)cc(C)c3C)CC4)ccc21. The van der Waals surface area contributed by atoms with Gasteiger partial charge in [-0.15, -0.1) is 5.10 Å². The molecule has 1 amide bonds. The number of aryl methyl sites for hydroxylation is 4. The van der Waals surface area contributed by atoms with E-state index in [0.717, 1.165) is 68.5 Å². The summed E-state index contributed by atoms with van der Waals surface area (Å²) in [7, 11) is 0. The van der Waals surface area contributed by atoms with Gasteiger partial charge in [-0.2, -0.15) is 0 Å². The summed E-state index contributed by atoms with van der Waals surface area (Å²) in [4.78, 5) is 27.4. The van der Waals surface area contributed by atoms with Crippen LogP contribution < -0.4 is 0 Å². The third-order valence-electron chi connectivity index (χ3n) is 8.01. The topological polar surface area (TPSA) is 88.3 Å². The molecule has 1 atom stereocenters. The maximum absolute atomic E-state index is 13.5. The summed E-state index contributed by atoms with van der Waals surface area (Å²) in [5, 5.41) is 18.4. The van der Waals surface area contributed by atoms with E-state index in [9.17, 15) is 14.7 Å². The second-order valence-electron chi connectivity index (χ2n) is 10.5. The Labute approximate surface area is 223 Å². The number of hydrogen-bond acceptors (Lipinski definition) is 4. The number of hydrogen-bond donors (Lipinski definition) is 1. The van der Waals surface area contributed by atoms with Crippen LogP contribution in [0.25, 0.3) is 11.0 Å². The molecule has 1 aromatic heterocycles. The van der Waals surface area contributed by atoms with E-state index in [4.69, 9.17) is 0 Å². The molecule has 2 heterocycles. The number of benzene rings is 3. The van der Waals surface area contributed by atoms with E-state index in [2.05, 4.69) is 28.5 Å². The van der Waals surface area contributed by atoms with Crippen molar-refractivity contribution < 1.29 is 14.7 Å². The first-order chi connectivity index (χ1) is 18.2. The minimum Gasteiger partial charge on any atom is -0.481 e. The Morgan fingerprint density at radius 1 is 1.00 bits per heavy atom. The Hall–Kier alpha value is -4.00. The molecule has 1 aliphatic heterocycles. The monoisotopic (exact) mass is 510 g/mol. The smallest absolute Gasteiger partial charge is 0.304 e. The van der Waals surface area contributed by atoms with Crippen molar-refractivity contribution in [3.63, 3.8) is 0 Å². The number of rotatable bonds is 6. The van der Waals surface area contributed by atoms with Crippen molar-refractivity contribution in [2.75, 3.05) is 6.54 Å². The fourth-order valence-electron chi connectivity index (χ4n) is 5.78. The molecule has 0 unspecified atom stereocenters. The zero-order valence-electron chi connectivity index (χ0n) is 22.7. The number of aromatic nitrogens is 3. The molecule has 38 heavy (non-hydrogen) atoms. The minimum atomic E-state index is -0.855. The van der Waals surface area contributed by atoms with Crippen LogP contribution >= 0.6 is 0 Å². The molecule has 0 fully saturated rings. The maximum atomic E-state index is 13.5. The quantitative estimate of drug-likeness (QED) is 0.371. The van der Waals surface area contributed by atoms with Crippen LogP contribution in [-0.2, 0) is 24.3 Å². The summed E-state index contributed by atoms with van der Waals surface area (Å²) in [6, 6.07) is 14.3. The van der Waals surface area contributed by atoms with Crippen LogP contribution in [-0.4, -0.2) is 43.4 Å². The van der Waals surface area contributed by atoms with E-state index in [-0.39, 0.29) is 18.2 Å². The lowest BCUT2D eigenvalue weighted by Crippen LogP contribution is -2.36. The normalized spacial score (nSPS) is 14.0. The third-order valence-corrected chi connectivity index (χ3v) is 8.01. The van der Waals surface area contributed by atoms with E-state index >= 15 is 0 Å². The Morgan fingerprint density at radius 3 is 2.53 bits per heavy atom. The van der Waals surface area contributed by atoms with Crippen molar-refractivity contribution in [1.29, 1.82) is 0 Å². The van der Waals surface area contributed by atoms with Crippen molar-refractivity contribution in [2.45, 2.75) is 66.5 Å². The lowest BCUT2D eigenvalue weighted by Gasteiger charge is -2.31. The van der Waals surface area contributed by atoms with Crippen molar-refractivity contribution >= 4 is 22.9 Å². The van der Waals surface area contributed by atoms with Crippen LogP contribution in [0.5, 0.6) is 0 Å². The first-order valence-electron chi connectivity index (χ1n) is 13.2. The van der Waals surface area contributed by atoms with E-state index < -0.39 is 5.97 Å². The zero-order valence-corrected chi connectivity index (χ0v) is 22.7. The first-order valence-corrected chi connectivity index (χ1v) is 13.2. The highest BCUT2D eigenvalue weighted by molar-refractivity contribution is 5.96. The summed E-state index contributed by atoms with van der Waals surface area (Å²) < 4.78 is 1.85. The van der Waals surface area contributed by atoms with Gasteiger partial charge >= 0.3 is 5.97 Å². The number of carboxylic acids is 1. The van der Waals surface area contributed by atoms with Crippen molar-refractivity contribution in [2.24, 2.45) is 0 Å². The van der Waals surface area contributed by atoms with Crippen molar-refractivity contribution in [3.8, 4) is 0 Å². The lowest BCUT2D eigenvalue weighted by molar-refractivity contribution is -0.137. The summed E-state index contributed by atoms with van der Waals surface area (Å²) >= 11 is 0. The lowest BCUT2D eigenvalue weighted by atomic mass is 9.83. The number of fused-ring (bicyclic) bond motifs is 2. The van der Waals surface area contributed by atoms with Gasteiger partial charge in [-0.1, -0.05) is 41.1 Å². The average molecular weight is 511 g/mol. The molecule has 1 N–H and O–H groups in total. The van der Waals surface area contributed by atoms with Gasteiger partial charge in [-0.05, 0) is 92.1 Å². The van der Waals surface area contributed by atoms with Crippen LogP contribution in [0.15, 0.2) is 42.5 Å². The Balaban J connectivity index is 1.50. The molecule has 5 rings (SSSR count). The molecule has 0 saturated carbocycles. The molecule has 7 heteroatoms. The zero-order chi connectivity index (χ0) is 27.1. The van der Waals surface area contributed by atoms with Crippen molar-refractivity contribution in [1.82, 2.24) is 19.9 Å². The van der Waals surface area contributed by atoms with Crippen LogP contribution in [0.1, 0.15) is 74.1 Å². The molecule has 0 aliphatic carbocycles. The van der Waals surface area contributed by atoms with Crippen LogP contribution in [0, 0.1) is 27.7 Å². The van der Waals surface area contributed by atoms with Crippen molar-refractivity contribution in [3.05, 3.63) is 92.5 Å². The van der Waals surface area contributed by atoms with E-state index in [1.807, 2.05) is 68.5 Å². The molecular weight excluding hydrogens is 476 g/mol. The van der Waals surface area contributed by atoms with Gasteiger partial charge in [0.05, 0.1) is 11.9 Å². The number of carboxylic acid groups (broad SMARTS) is 1. The van der Waals surface area contributed by atoms with Gasteiger partial charge in [0.2, 0.25) is 0 Å². The maximum Gasteiger partial charge on any atom is 0.304 e. The average Bonchev–Trinajstić information content (AvgIpc) is 3.33.